The SMILES string of the molecule is COCOc1ccc(C=CC=Cc2ccc([N+](=O)[O-])cc2)cc1OCOC. The van der Waals surface area contributed by atoms with E-state index in [4.69, 9.17) is 18.9 Å². The molecule has 0 aliphatic rings. The number of rotatable bonds is 10. The van der Waals surface area contributed by atoms with Gasteiger partial charge in [-0.25, -0.2) is 0 Å². The van der Waals surface area contributed by atoms with Crippen LogP contribution in [0.15, 0.2) is 54.6 Å². The maximum atomic E-state index is 10.6. The summed E-state index contributed by atoms with van der Waals surface area (Å²) in [5.74, 6) is 1.11. The fraction of sp³-hybridized carbons (Fsp3) is 0.200. The first-order valence-electron chi connectivity index (χ1n) is 8.10. The van der Waals surface area contributed by atoms with E-state index in [1.165, 1.54) is 12.1 Å². The van der Waals surface area contributed by atoms with Crippen LogP contribution in [0, 0.1) is 10.1 Å². The van der Waals surface area contributed by atoms with E-state index in [1.54, 1.807) is 32.4 Å². The number of allylic oxidation sites excluding steroid dienone is 2. The van der Waals surface area contributed by atoms with Crippen molar-refractivity contribution >= 4 is 17.8 Å². The van der Waals surface area contributed by atoms with Gasteiger partial charge in [-0.2, -0.15) is 0 Å². The summed E-state index contributed by atoms with van der Waals surface area (Å²) in [4.78, 5) is 10.2. The normalized spacial score (nSPS) is 11.2. The van der Waals surface area contributed by atoms with Crippen molar-refractivity contribution in [3.8, 4) is 11.5 Å². The molecule has 0 heterocycles. The van der Waals surface area contributed by atoms with E-state index >= 15 is 0 Å². The Morgan fingerprint density at radius 3 is 2.00 bits per heavy atom. The molecule has 0 aliphatic heterocycles. The largest absolute Gasteiger partial charge is 0.464 e. The zero-order valence-electron chi connectivity index (χ0n) is 15.2. The molecule has 0 fully saturated rings. The molecule has 2 aromatic rings. The van der Waals surface area contributed by atoms with Crippen LogP contribution in [0.3, 0.4) is 0 Å². The summed E-state index contributed by atoms with van der Waals surface area (Å²) in [6.07, 6.45) is 7.49. The molecule has 2 aromatic carbocycles. The van der Waals surface area contributed by atoms with Crippen LogP contribution < -0.4 is 9.47 Å². The summed E-state index contributed by atoms with van der Waals surface area (Å²) in [7, 11) is 3.09. The van der Waals surface area contributed by atoms with Crippen molar-refractivity contribution in [2.45, 2.75) is 0 Å². The van der Waals surface area contributed by atoms with Crippen molar-refractivity contribution in [3.63, 3.8) is 0 Å². The van der Waals surface area contributed by atoms with Crippen LogP contribution in [0.4, 0.5) is 5.69 Å². The van der Waals surface area contributed by atoms with Gasteiger partial charge in [-0.15, -0.1) is 0 Å². The molecule has 0 aliphatic carbocycles. The summed E-state index contributed by atoms with van der Waals surface area (Å²) in [6.45, 7) is 0.229. The van der Waals surface area contributed by atoms with Gasteiger partial charge in [-0.3, -0.25) is 10.1 Å². The lowest BCUT2D eigenvalue weighted by atomic mass is 10.1. The number of ether oxygens (including phenoxy) is 4. The Bertz CT molecular complexity index is 799. The van der Waals surface area contributed by atoms with Crippen molar-refractivity contribution in [1.82, 2.24) is 0 Å². The van der Waals surface area contributed by atoms with Gasteiger partial charge < -0.3 is 18.9 Å². The Labute approximate surface area is 157 Å². The Morgan fingerprint density at radius 2 is 1.41 bits per heavy atom. The van der Waals surface area contributed by atoms with Crippen LogP contribution in [0.2, 0.25) is 0 Å². The van der Waals surface area contributed by atoms with E-state index < -0.39 is 4.92 Å². The highest BCUT2D eigenvalue weighted by Crippen LogP contribution is 2.29. The van der Waals surface area contributed by atoms with Gasteiger partial charge in [0, 0.05) is 26.4 Å². The van der Waals surface area contributed by atoms with E-state index in [2.05, 4.69) is 0 Å². The Kier molecular flexibility index (Phi) is 8.02. The van der Waals surface area contributed by atoms with Gasteiger partial charge in [0.1, 0.15) is 0 Å². The van der Waals surface area contributed by atoms with Crippen LogP contribution in [0.1, 0.15) is 11.1 Å². The van der Waals surface area contributed by atoms with Crippen molar-refractivity contribution in [3.05, 3.63) is 75.9 Å². The predicted molar refractivity (Wildman–Crippen MR) is 103 cm³/mol. The van der Waals surface area contributed by atoms with E-state index in [9.17, 15) is 10.1 Å². The fourth-order valence-corrected chi connectivity index (χ4v) is 2.15. The minimum Gasteiger partial charge on any atom is -0.464 e. The van der Waals surface area contributed by atoms with Gasteiger partial charge in [-0.05, 0) is 35.4 Å². The van der Waals surface area contributed by atoms with E-state index in [1.807, 2.05) is 36.4 Å². The second kappa shape index (κ2) is 10.7. The average Bonchev–Trinajstić information content (AvgIpc) is 2.69. The number of nitro groups is 1. The van der Waals surface area contributed by atoms with Crippen molar-refractivity contribution in [1.29, 1.82) is 0 Å². The highest BCUT2D eigenvalue weighted by atomic mass is 16.7. The van der Waals surface area contributed by atoms with Gasteiger partial charge in [0.2, 0.25) is 0 Å². The first-order valence-corrected chi connectivity index (χ1v) is 8.10. The summed E-state index contributed by atoms with van der Waals surface area (Å²) >= 11 is 0. The summed E-state index contributed by atoms with van der Waals surface area (Å²) in [6, 6.07) is 11.9. The molecule has 142 valence electrons. The van der Waals surface area contributed by atoms with E-state index in [0.29, 0.717) is 11.5 Å². The molecular formula is C20H21NO6. The van der Waals surface area contributed by atoms with Crippen molar-refractivity contribution < 1.29 is 23.9 Å². The summed E-state index contributed by atoms with van der Waals surface area (Å²) in [5, 5.41) is 10.6. The number of hydrogen-bond acceptors (Lipinski definition) is 6. The summed E-state index contributed by atoms with van der Waals surface area (Å²) in [5.41, 5.74) is 1.86. The maximum Gasteiger partial charge on any atom is 0.269 e. The standard InChI is InChI=1S/C20H21NO6/c1-24-14-26-19-12-9-17(13-20(19)27-15-25-2)6-4-3-5-16-7-10-18(11-8-16)21(22)23/h3-13H,14-15H2,1-2H3. The minimum absolute atomic E-state index is 0.0714. The van der Waals surface area contributed by atoms with E-state index in [0.717, 1.165) is 11.1 Å². The molecule has 27 heavy (non-hydrogen) atoms. The lowest BCUT2D eigenvalue weighted by Gasteiger charge is -2.12. The molecule has 0 saturated carbocycles. The molecular weight excluding hydrogens is 350 g/mol. The average molecular weight is 371 g/mol. The molecule has 2 rings (SSSR count). The molecule has 0 aromatic heterocycles. The number of non-ortho nitro benzene ring substituents is 1. The molecule has 0 atom stereocenters. The highest BCUT2D eigenvalue weighted by Gasteiger charge is 2.06. The molecule has 7 heteroatoms. The Morgan fingerprint density at radius 1 is 0.852 bits per heavy atom. The number of nitro benzene ring substituents is 1. The molecule has 0 spiro atoms. The first kappa shape index (κ1) is 20.2. The first-order chi connectivity index (χ1) is 13.1. The molecule has 0 bridgehead atoms. The zero-order chi connectivity index (χ0) is 19.5. The van der Waals surface area contributed by atoms with Crippen LogP contribution in [-0.2, 0) is 9.47 Å². The Balaban J connectivity index is 2.05. The van der Waals surface area contributed by atoms with Gasteiger partial charge >= 0.3 is 0 Å². The minimum atomic E-state index is -0.420. The zero-order valence-corrected chi connectivity index (χ0v) is 15.2. The van der Waals surface area contributed by atoms with Crippen LogP contribution in [-0.4, -0.2) is 32.7 Å². The smallest absolute Gasteiger partial charge is 0.269 e. The van der Waals surface area contributed by atoms with Crippen LogP contribution >= 0.6 is 0 Å². The second-order valence-corrected chi connectivity index (χ2v) is 5.37. The van der Waals surface area contributed by atoms with Crippen molar-refractivity contribution in [2.24, 2.45) is 0 Å². The second-order valence-electron chi connectivity index (χ2n) is 5.37. The molecule has 0 N–H and O–H groups in total. The molecule has 0 radical (unpaired) electrons. The van der Waals surface area contributed by atoms with Crippen LogP contribution in [0.25, 0.3) is 12.2 Å². The lowest BCUT2D eigenvalue weighted by Crippen LogP contribution is -2.04. The summed E-state index contributed by atoms with van der Waals surface area (Å²) < 4.78 is 20.8. The molecule has 0 saturated heterocycles. The van der Waals surface area contributed by atoms with Gasteiger partial charge in [0.05, 0.1) is 4.92 Å². The van der Waals surface area contributed by atoms with Crippen molar-refractivity contribution in [2.75, 3.05) is 27.8 Å². The third-order valence-electron chi connectivity index (χ3n) is 3.42. The molecule has 7 nitrogen and oxygen atoms in total. The highest BCUT2D eigenvalue weighted by molar-refractivity contribution is 5.60. The lowest BCUT2D eigenvalue weighted by molar-refractivity contribution is -0.384. The fourth-order valence-electron chi connectivity index (χ4n) is 2.15. The topological polar surface area (TPSA) is 80.1 Å². The number of hydrogen-bond donors (Lipinski definition) is 0. The predicted octanol–water partition coefficient (Wildman–Crippen LogP) is 4.29. The number of methoxy groups -OCH3 is 2. The third-order valence-corrected chi connectivity index (χ3v) is 3.42. The molecule has 0 amide bonds. The number of nitrogens with zero attached hydrogens (tertiary/aromatic N) is 1. The quantitative estimate of drug-likeness (QED) is 0.268. The van der Waals surface area contributed by atoms with E-state index in [-0.39, 0.29) is 19.3 Å². The monoisotopic (exact) mass is 371 g/mol. The van der Waals surface area contributed by atoms with Gasteiger partial charge in [0.15, 0.2) is 25.1 Å². The Hall–Kier alpha value is -3.16. The number of benzene rings is 2. The van der Waals surface area contributed by atoms with Gasteiger partial charge in [0.25, 0.3) is 5.69 Å². The third kappa shape index (κ3) is 6.58. The maximum absolute atomic E-state index is 10.6. The van der Waals surface area contributed by atoms with Gasteiger partial charge in [-0.1, -0.05) is 30.4 Å². The van der Waals surface area contributed by atoms with Crippen LogP contribution in [0.5, 0.6) is 11.5 Å². The molecule has 0 unspecified atom stereocenters.